The lowest BCUT2D eigenvalue weighted by Gasteiger charge is -2.15. The minimum absolute atomic E-state index is 0.229. The Morgan fingerprint density at radius 1 is 1.36 bits per heavy atom. The van der Waals surface area contributed by atoms with E-state index in [-0.39, 0.29) is 5.25 Å². The van der Waals surface area contributed by atoms with Crippen LogP contribution in [-0.4, -0.2) is 33.0 Å². The van der Waals surface area contributed by atoms with Crippen molar-refractivity contribution >= 4 is 9.84 Å². The lowest BCUT2D eigenvalue weighted by Crippen LogP contribution is -2.25. The van der Waals surface area contributed by atoms with Crippen LogP contribution in [0.4, 0.5) is 0 Å². The third-order valence-corrected chi connectivity index (χ3v) is 5.35. The molecular weight excluding hydrogens is 198 g/mol. The summed E-state index contributed by atoms with van der Waals surface area (Å²) in [6.07, 6.45) is 3.19. The van der Waals surface area contributed by atoms with E-state index in [1.54, 1.807) is 13.8 Å². The molecule has 0 aromatic rings. The van der Waals surface area contributed by atoms with Gasteiger partial charge in [0.2, 0.25) is 0 Å². The van der Waals surface area contributed by atoms with Crippen molar-refractivity contribution in [3.8, 4) is 0 Å². The van der Waals surface area contributed by atoms with Gasteiger partial charge in [-0.3, -0.25) is 0 Å². The van der Waals surface area contributed by atoms with Crippen molar-refractivity contribution in [1.29, 1.82) is 0 Å². The van der Waals surface area contributed by atoms with Crippen molar-refractivity contribution in [3.63, 3.8) is 0 Å². The summed E-state index contributed by atoms with van der Waals surface area (Å²) in [5.41, 5.74) is 0.302. The largest absolute Gasteiger partial charge is 0.319 e. The predicted molar refractivity (Wildman–Crippen MR) is 59.1 cm³/mol. The van der Waals surface area contributed by atoms with Gasteiger partial charge < -0.3 is 5.32 Å². The first kappa shape index (κ1) is 12.0. The van der Waals surface area contributed by atoms with Crippen molar-refractivity contribution in [1.82, 2.24) is 5.32 Å². The molecule has 0 radical (unpaired) electrons. The van der Waals surface area contributed by atoms with Crippen LogP contribution in [0.25, 0.3) is 0 Å². The molecule has 3 nitrogen and oxygen atoms in total. The fourth-order valence-corrected chi connectivity index (χ4v) is 2.85. The molecule has 0 atom stereocenters. The van der Waals surface area contributed by atoms with Crippen molar-refractivity contribution in [2.45, 2.75) is 38.4 Å². The van der Waals surface area contributed by atoms with Crippen LogP contribution in [0.15, 0.2) is 0 Å². The summed E-state index contributed by atoms with van der Waals surface area (Å²) in [5.74, 6) is 0.354. The van der Waals surface area contributed by atoms with Crippen LogP contribution >= 0.6 is 0 Å². The molecule has 84 valence electrons. The smallest absolute Gasteiger partial charge is 0.152 e. The Morgan fingerprint density at radius 3 is 2.29 bits per heavy atom. The molecule has 1 aliphatic carbocycles. The summed E-state index contributed by atoms with van der Waals surface area (Å²) in [5, 5.41) is 2.91. The van der Waals surface area contributed by atoms with Gasteiger partial charge in [0.05, 0.1) is 11.0 Å². The van der Waals surface area contributed by atoms with Gasteiger partial charge in [-0.2, -0.15) is 0 Å². The zero-order valence-corrected chi connectivity index (χ0v) is 10.2. The highest BCUT2D eigenvalue weighted by molar-refractivity contribution is 7.91. The predicted octanol–water partition coefficient (Wildman–Crippen LogP) is 1.20. The first-order valence-corrected chi connectivity index (χ1v) is 7.00. The van der Waals surface area contributed by atoms with Gasteiger partial charge in [0.25, 0.3) is 0 Å². The zero-order chi connectivity index (χ0) is 10.8. The maximum absolute atomic E-state index is 11.6. The highest BCUT2D eigenvalue weighted by atomic mass is 32.2. The van der Waals surface area contributed by atoms with Gasteiger partial charge >= 0.3 is 0 Å². The molecule has 0 heterocycles. The molecule has 1 fully saturated rings. The molecule has 0 spiro atoms. The second kappa shape index (κ2) is 4.19. The number of hydrogen-bond acceptors (Lipinski definition) is 3. The average Bonchev–Trinajstić information content (AvgIpc) is 2.83. The highest BCUT2D eigenvalue weighted by Crippen LogP contribution is 2.48. The van der Waals surface area contributed by atoms with E-state index in [2.05, 4.69) is 5.32 Å². The summed E-state index contributed by atoms with van der Waals surface area (Å²) in [6, 6.07) is 0. The third-order valence-electron chi connectivity index (χ3n) is 3.14. The van der Waals surface area contributed by atoms with Crippen molar-refractivity contribution in [2.75, 3.05) is 19.3 Å². The van der Waals surface area contributed by atoms with Crippen LogP contribution in [0, 0.1) is 5.41 Å². The second-order valence-corrected chi connectivity index (χ2v) is 7.37. The molecular formula is C10H21NO2S. The van der Waals surface area contributed by atoms with Crippen LogP contribution < -0.4 is 5.32 Å². The van der Waals surface area contributed by atoms with E-state index in [9.17, 15) is 8.42 Å². The van der Waals surface area contributed by atoms with E-state index in [0.29, 0.717) is 11.2 Å². The molecule has 0 aromatic carbocycles. The van der Waals surface area contributed by atoms with Gasteiger partial charge in [-0.1, -0.05) is 0 Å². The van der Waals surface area contributed by atoms with Crippen molar-refractivity contribution in [3.05, 3.63) is 0 Å². The van der Waals surface area contributed by atoms with Crippen LogP contribution in [0.3, 0.4) is 0 Å². The van der Waals surface area contributed by atoms with Crippen LogP contribution in [0.2, 0.25) is 0 Å². The monoisotopic (exact) mass is 219 g/mol. The van der Waals surface area contributed by atoms with Gasteiger partial charge in [0.1, 0.15) is 0 Å². The fourth-order valence-electron chi connectivity index (χ4n) is 1.66. The normalized spacial score (nSPS) is 20.0. The minimum atomic E-state index is -2.84. The van der Waals surface area contributed by atoms with Crippen LogP contribution in [0.5, 0.6) is 0 Å². The number of sulfone groups is 1. The van der Waals surface area contributed by atoms with E-state index in [1.807, 2.05) is 7.05 Å². The van der Waals surface area contributed by atoms with Gasteiger partial charge in [0.15, 0.2) is 9.84 Å². The fraction of sp³-hybridized carbons (Fsp3) is 1.00. The lowest BCUT2D eigenvalue weighted by atomic mass is 10.0. The number of hydrogen-bond donors (Lipinski definition) is 1. The van der Waals surface area contributed by atoms with E-state index in [0.717, 1.165) is 13.0 Å². The molecule has 1 rings (SSSR count). The first-order chi connectivity index (χ1) is 6.42. The molecule has 0 aromatic heterocycles. The van der Waals surface area contributed by atoms with E-state index >= 15 is 0 Å². The molecule has 0 unspecified atom stereocenters. The maximum atomic E-state index is 11.6. The second-order valence-electron chi connectivity index (χ2n) is 4.70. The molecule has 0 bridgehead atoms. The Balaban J connectivity index is 2.41. The maximum Gasteiger partial charge on any atom is 0.152 e. The van der Waals surface area contributed by atoms with Gasteiger partial charge in [-0.15, -0.1) is 0 Å². The van der Waals surface area contributed by atoms with Gasteiger partial charge in [-0.05, 0) is 45.6 Å². The summed E-state index contributed by atoms with van der Waals surface area (Å²) in [7, 11) is -0.910. The summed E-state index contributed by atoms with van der Waals surface area (Å²) >= 11 is 0. The van der Waals surface area contributed by atoms with E-state index in [1.165, 1.54) is 12.8 Å². The standard InChI is InChI=1S/C10H21NO2S/c1-9(2)14(12,13)7-6-10(4-5-10)8-11-3/h9,11H,4-8H2,1-3H3. The molecule has 0 saturated heterocycles. The summed E-state index contributed by atoms with van der Waals surface area (Å²) in [4.78, 5) is 0. The molecule has 14 heavy (non-hydrogen) atoms. The molecule has 0 amide bonds. The zero-order valence-electron chi connectivity index (χ0n) is 9.34. The quantitative estimate of drug-likeness (QED) is 0.730. The Bertz CT molecular complexity index is 278. The Morgan fingerprint density at radius 2 is 1.93 bits per heavy atom. The molecule has 1 saturated carbocycles. The van der Waals surface area contributed by atoms with E-state index in [4.69, 9.17) is 0 Å². The third kappa shape index (κ3) is 2.95. The Kier molecular flexibility index (Phi) is 3.58. The van der Waals surface area contributed by atoms with Gasteiger partial charge in [0, 0.05) is 6.54 Å². The SMILES string of the molecule is CNCC1(CCS(=O)(=O)C(C)C)CC1. The first-order valence-electron chi connectivity index (χ1n) is 5.28. The Labute approximate surface area is 87.2 Å². The Hall–Kier alpha value is -0.0900. The minimum Gasteiger partial charge on any atom is -0.319 e. The molecule has 1 N–H and O–H groups in total. The highest BCUT2D eigenvalue weighted by Gasteiger charge is 2.42. The molecule has 0 aliphatic heterocycles. The topological polar surface area (TPSA) is 46.2 Å². The number of nitrogens with one attached hydrogen (secondary N) is 1. The molecule has 1 aliphatic rings. The summed E-state index contributed by atoms with van der Waals surface area (Å²) in [6.45, 7) is 4.47. The van der Waals surface area contributed by atoms with Crippen LogP contribution in [-0.2, 0) is 9.84 Å². The lowest BCUT2D eigenvalue weighted by molar-refractivity contribution is 0.461. The molecule has 4 heteroatoms. The number of rotatable bonds is 6. The van der Waals surface area contributed by atoms with Crippen molar-refractivity contribution in [2.24, 2.45) is 5.41 Å². The van der Waals surface area contributed by atoms with Crippen LogP contribution in [0.1, 0.15) is 33.1 Å². The van der Waals surface area contributed by atoms with Crippen molar-refractivity contribution < 1.29 is 8.42 Å². The van der Waals surface area contributed by atoms with E-state index < -0.39 is 9.84 Å². The average molecular weight is 219 g/mol. The summed E-state index contributed by atoms with van der Waals surface area (Å²) < 4.78 is 23.2. The van der Waals surface area contributed by atoms with Gasteiger partial charge in [-0.25, -0.2) is 8.42 Å².